The minimum atomic E-state index is -0.814. The van der Waals surface area contributed by atoms with Gasteiger partial charge in [0.15, 0.2) is 5.16 Å². The number of aromatic nitrogens is 2. The fourth-order valence-corrected chi connectivity index (χ4v) is 2.82. The molecule has 0 aliphatic heterocycles. The Balaban J connectivity index is 3.00. The first-order valence-electron chi connectivity index (χ1n) is 6.36. The van der Waals surface area contributed by atoms with Crippen molar-refractivity contribution < 1.29 is 9.90 Å². The van der Waals surface area contributed by atoms with Gasteiger partial charge in [-0.15, -0.1) is 0 Å². The van der Waals surface area contributed by atoms with Gasteiger partial charge in [-0.2, -0.15) is 0 Å². The predicted molar refractivity (Wildman–Crippen MR) is 77.8 cm³/mol. The maximum absolute atomic E-state index is 10.7. The Bertz CT molecular complexity index is 430. The van der Waals surface area contributed by atoms with Gasteiger partial charge in [-0.1, -0.05) is 25.6 Å². The van der Waals surface area contributed by atoms with Gasteiger partial charge in [-0.3, -0.25) is 4.79 Å². The van der Waals surface area contributed by atoms with Crippen LogP contribution in [-0.4, -0.2) is 51.9 Å². The molecule has 108 valence electrons. The fraction of sp³-hybridized carbons (Fsp3) is 0.692. The van der Waals surface area contributed by atoms with E-state index < -0.39 is 5.97 Å². The molecule has 19 heavy (non-hydrogen) atoms. The average Bonchev–Trinajstić information content (AvgIpc) is 2.64. The van der Waals surface area contributed by atoms with Crippen molar-refractivity contribution in [3.05, 3.63) is 11.9 Å². The van der Waals surface area contributed by atoms with E-state index in [0.29, 0.717) is 12.0 Å². The zero-order chi connectivity index (χ0) is 14.6. The Morgan fingerprint density at radius 1 is 1.53 bits per heavy atom. The number of imidazole rings is 1. The number of nitrogens with zero attached hydrogens (tertiary/aromatic N) is 3. The molecule has 1 aromatic heterocycles. The molecule has 0 saturated heterocycles. The lowest BCUT2D eigenvalue weighted by Gasteiger charge is -2.28. The van der Waals surface area contributed by atoms with Gasteiger partial charge in [0.25, 0.3) is 0 Å². The van der Waals surface area contributed by atoms with Crippen LogP contribution in [0.15, 0.2) is 11.4 Å². The van der Waals surface area contributed by atoms with Crippen LogP contribution in [-0.2, 0) is 4.79 Å². The molecule has 0 aliphatic carbocycles. The number of hydrogen-bond acceptors (Lipinski definition) is 4. The summed E-state index contributed by atoms with van der Waals surface area (Å²) >= 11 is 1.28. The summed E-state index contributed by atoms with van der Waals surface area (Å²) in [5.74, 6) is -0.311. The van der Waals surface area contributed by atoms with Gasteiger partial charge in [-0.05, 0) is 26.9 Å². The van der Waals surface area contributed by atoms with Crippen LogP contribution in [0.1, 0.15) is 25.6 Å². The van der Waals surface area contributed by atoms with Gasteiger partial charge >= 0.3 is 5.97 Å². The van der Waals surface area contributed by atoms with Crippen LogP contribution >= 0.6 is 11.8 Å². The molecule has 0 spiro atoms. The van der Waals surface area contributed by atoms with Gasteiger partial charge in [0.05, 0.1) is 11.8 Å². The van der Waals surface area contributed by atoms with Crippen molar-refractivity contribution in [3.63, 3.8) is 0 Å². The number of hydrogen-bond donors (Lipinski definition) is 1. The number of carboxylic acids is 1. The first-order valence-corrected chi connectivity index (χ1v) is 7.34. The lowest BCUT2D eigenvalue weighted by molar-refractivity contribution is -0.133. The number of aliphatic carboxylic acids is 1. The number of aryl methyl sites for hydroxylation is 1. The van der Waals surface area contributed by atoms with E-state index in [2.05, 4.69) is 28.3 Å². The molecule has 0 amide bonds. The van der Waals surface area contributed by atoms with Crippen molar-refractivity contribution in [1.82, 2.24) is 14.5 Å². The predicted octanol–water partition coefficient (Wildman–Crippen LogP) is 2.13. The van der Waals surface area contributed by atoms with E-state index in [0.717, 1.165) is 17.4 Å². The van der Waals surface area contributed by atoms with Crippen LogP contribution in [0.4, 0.5) is 0 Å². The van der Waals surface area contributed by atoms with Crippen molar-refractivity contribution in [2.45, 2.75) is 32.0 Å². The van der Waals surface area contributed by atoms with Crippen LogP contribution in [0.25, 0.3) is 0 Å². The van der Waals surface area contributed by atoms with Crippen molar-refractivity contribution in [2.24, 2.45) is 5.92 Å². The van der Waals surface area contributed by atoms with E-state index >= 15 is 0 Å². The van der Waals surface area contributed by atoms with Crippen molar-refractivity contribution in [1.29, 1.82) is 0 Å². The number of carboxylic acid groups (broad SMARTS) is 1. The van der Waals surface area contributed by atoms with E-state index in [4.69, 9.17) is 5.11 Å². The van der Waals surface area contributed by atoms with Crippen molar-refractivity contribution >= 4 is 17.7 Å². The van der Waals surface area contributed by atoms with Gasteiger partial charge in [0.1, 0.15) is 0 Å². The van der Waals surface area contributed by atoms with Crippen molar-refractivity contribution in [2.75, 3.05) is 26.4 Å². The molecule has 5 nitrogen and oxygen atoms in total. The molecule has 6 heteroatoms. The molecule has 1 aromatic rings. The number of thioether (sulfide) groups is 1. The van der Waals surface area contributed by atoms with Crippen LogP contribution in [0.5, 0.6) is 0 Å². The fourth-order valence-electron chi connectivity index (χ4n) is 2.03. The second-order valence-corrected chi connectivity index (χ2v) is 6.25. The number of carbonyl (C=O) groups is 1. The summed E-state index contributed by atoms with van der Waals surface area (Å²) in [5, 5.41) is 9.59. The van der Waals surface area contributed by atoms with Gasteiger partial charge in [-0.25, -0.2) is 4.98 Å². The standard InChI is InChI=1S/C13H23N3O2S/c1-9(2)11(7-15(4)5)16-10(3)6-14-13(16)19-8-12(17)18/h6,9,11H,7-8H2,1-5H3,(H,17,18). The van der Waals surface area contributed by atoms with Gasteiger partial charge < -0.3 is 14.6 Å². The molecule has 1 unspecified atom stereocenters. The molecular formula is C13H23N3O2S. The lowest BCUT2D eigenvalue weighted by Crippen LogP contribution is -2.29. The van der Waals surface area contributed by atoms with Crippen molar-refractivity contribution in [3.8, 4) is 0 Å². The summed E-state index contributed by atoms with van der Waals surface area (Å²) in [7, 11) is 4.09. The van der Waals surface area contributed by atoms with Gasteiger partial charge in [0.2, 0.25) is 0 Å². The van der Waals surface area contributed by atoms with Crippen LogP contribution in [0, 0.1) is 12.8 Å². The van der Waals surface area contributed by atoms with Gasteiger partial charge in [0, 0.05) is 18.4 Å². The molecule has 1 atom stereocenters. The second kappa shape index (κ2) is 6.96. The molecule has 1 rings (SSSR count). The molecule has 0 fully saturated rings. The normalized spacial score (nSPS) is 13.2. The zero-order valence-electron chi connectivity index (χ0n) is 12.3. The molecule has 0 bridgehead atoms. The summed E-state index contributed by atoms with van der Waals surface area (Å²) in [5.41, 5.74) is 1.08. The molecule has 0 saturated carbocycles. The van der Waals surface area contributed by atoms with E-state index in [-0.39, 0.29) is 5.75 Å². The average molecular weight is 285 g/mol. The van der Waals surface area contributed by atoms with E-state index in [1.807, 2.05) is 27.2 Å². The molecule has 1 N–H and O–H groups in total. The molecule has 0 aromatic carbocycles. The van der Waals surface area contributed by atoms with Crippen LogP contribution < -0.4 is 0 Å². The van der Waals surface area contributed by atoms with Crippen LogP contribution in [0.3, 0.4) is 0 Å². The smallest absolute Gasteiger partial charge is 0.313 e. The molecule has 1 heterocycles. The first kappa shape index (κ1) is 16.0. The topological polar surface area (TPSA) is 58.4 Å². The summed E-state index contributed by atoms with van der Waals surface area (Å²) in [4.78, 5) is 17.2. The molecular weight excluding hydrogens is 262 g/mol. The maximum Gasteiger partial charge on any atom is 0.313 e. The highest BCUT2D eigenvalue weighted by atomic mass is 32.2. The van der Waals surface area contributed by atoms with E-state index in [1.54, 1.807) is 0 Å². The highest BCUT2D eigenvalue weighted by molar-refractivity contribution is 7.99. The SMILES string of the molecule is Cc1cnc(SCC(=O)O)n1C(CN(C)C)C(C)C. The maximum atomic E-state index is 10.7. The molecule has 0 radical (unpaired) electrons. The van der Waals surface area contributed by atoms with Crippen LogP contribution in [0.2, 0.25) is 0 Å². The summed E-state index contributed by atoms with van der Waals surface area (Å²) in [6.07, 6.45) is 1.81. The first-order chi connectivity index (χ1) is 8.82. The summed E-state index contributed by atoms with van der Waals surface area (Å²) in [6.45, 7) is 7.29. The summed E-state index contributed by atoms with van der Waals surface area (Å²) < 4.78 is 2.16. The molecule has 0 aliphatic rings. The highest BCUT2D eigenvalue weighted by Crippen LogP contribution is 2.27. The number of likely N-dealkylation sites (N-methyl/N-ethyl adjacent to an activating group) is 1. The third-order valence-corrected chi connectivity index (χ3v) is 3.88. The Labute approximate surface area is 119 Å². The highest BCUT2D eigenvalue weighted by Gasteiger charge is 2.22. The van der Waals surface area contributed by atoms with E-state index in [9.17, 15) is 4.79 Å². The summed E-state index contributed by atoms with van der Waals surface area (Å²) in [6, 6.07) is 0.300. The largest absolute Gasteiger partial charge is 0.481 e. The Hall–Kier alpha value is -1.01. The Morgan fingerprint density at radius 2 is 2.16 bits per heavy atom. The zero-order valence-corrected chi connectivity index (χ0v) is 13.1. The third-order valence-electron chi connectivity index (χ3n) is 2.93. The lowest BCUT2D eigenvalue weighted by atomic mass is 10.0. The number of rotatable bonds is 7. The minimum Gasteiger partial charge on any atom is -0.481 e. The Morgan fingerprint density at radius 3 is 2.63 bits per heavy atom. The third kappa shape index (κ3) is 4.54. The Kier molecular flexibility index (Phi) is 5.87. The monoisotopic (exact) mass is 285 g/mol. The quantitative estimate of drug-likeness (QED) is 0.778. The minimum absolute atomic E-state index is 0.0449. The van der Waals surface area contributed by atoms with E-state index in [1.165, 1.54) is 11.8 Å². The second-order valence-electron chi connectivity index (χ2n) is 5.31.